The van der Waals surface area contributed by atoms with Gasteiger partial charge in [-0.1, -0.05) is 53.5 Å². The topological polar surface area (TPSA) is 0 Å². The summed E-state index contributed by atoms with van der Waals surface area (Å²) in [5.74, 6) is 0.810. The van der Waals surface area contributed by atoms with Crippen LogP contribution in [-0.2, 0) is 6.42 Å². The van der Waals surface area contributed by atoms with Crippen LogP contribution in [0.4, 0.5) is 0 Å². The number of hydrogen-bond donors (Lipinski definition) is 0. The van der Waals surface area contributed by atoms with E-state index in [0.29, 0.717) is 0 Å². The van der Waals surface area contributed by atoms with E-state index in [-0.39, 0.29) is 0 Å². The molecule has 0 atom stereocenters. The maximum Gasteiger partial charge on any atom is 0.0146 e. The van der Waals surface area contributed by atoms with Crippen LogP contribution in [0.1, 0.15) is 56.1 Å². The molecule has 0 unspecified atom stereocenters. The van der Waals surface area contributed by atoms with Crippen LogP contribution in [0.3, 0.4) is 0 Å². The van der Waals surface area contributed by atoms with Crippen molar-refractivity contribution in [1.82, 2.24) is 0 Å². The second kappa shape index (κ2) is 5.86. The second-order valence-corrected chi connectivity index (χ2v) is 6.24. The first-order valence-electron chi connectivity index (χ1n) is 6.52. The quantitative estimate of drug-likeness (QED) is 0.679. The monoisotopic (exact) mass is 280 g/mol. The van der Waals surface area contributed by atoms with Gasteiger partial charge in [-0.15, -0.1) is 0 Å². The van der Waals surface area contributed by atoms with Gasteiger partial charge in [0.15, 0.2) is 0 Å². The van der Waals surface area contributed by atoms with Crippen molar-refractivity contribution >= 4 is 15.9 Å². The number of halogens is 1. The smallest absolute Gasteiger partial charge is 0.0146 e. The standard InChI is InChI=1S/C15H21Br/c1-2-3-12-4-6-13(7-5-12)14-8-10-15(16)11-9-14/h4-7,14-15H,2-3,8-11H2,1H3. The average molecular weight is 281 g/mol. The zero-order valence-corrected chi connectivity index (χ0v) is 11.7. The number of alkyl halides is 1. The van der Waals surface area contributed by atoms with Gasteiger partial charge in [-0.3, -0.25) is 0 Å². The molecule has 16 heavy (non-hydrogen) atoms. The molecule has 1 aromatic carbocycles. The molecule has 1 heteroatoms. The first kappa shape index (κ1) is 12.2. The Hall–Kier alpha value is -0.300. The second-order valence-electron chi connectivity index (χ2n) is 4.94. The lowest BCUT2D eigenvalue weighted by molar-refractivity contribution is 0.457. The Balaban J connectivity index is 1.98. The minimum atomic E-state index is 0.767. The van der Waals surface area contributed by atoms with Crippen molar-refractivity contribution < 1.29 is 0 Å². The minimum absolute atomic E-state index is 0.767. The molecular weight excluding hydrogens is 260 g/mol. The Labute approximate surface area is 108 Å². The molecule has 0 radical (unpaired) electrons. The molecule has 88 valence electrons. The number of hydrogen-bond acceptors (Lipinski definition) is 0. The highest BCUT2D eigenvalue weighted by Gasteiger charge is 2.20. The Kier molecular flexibility index (Phi) is 4.45. The molecule has 1 saturated carbocycles. The van der Waals surface area contributed by atoms with Crippen LogP contribution in [0.25, 0.3) is 0 Å². The van der Waals surface area contributed by atoms with Gasteiger partial charge in [-0.05, 0) is 49.1 Å². The largest absolute Gasteiger partial charge is 0.0891 e. The molecule has 0 amide bonds. The molecule has 0 spiro atoms. The predicted octanol–water partition coefficient (Wildman–Crippen LogP) is 5.06. The lowest BCUT2D eigenvalue weighted by atomic mass is 9.84. The molecule has 1 aliphatic carbocycles. The molecule has 0 bridgehead atoms. The Bertz CT molecular complexity index is 307. The van der Waals surface area contributed by atoms with Crippen LogP contribution in [0, 0.1) is 0 Å². The van der Waals surface area contributed by atoms with Gasteiger partial charge >= 0.3 is 0 Å². The summed E-state index contributed by atoms with van der Waals surface area (Å²) in [5.41, 5.74) is 3.04. The van der Waals surface area contributed by atoms with Crippen LogP contribution < -0.4 is 0 Å². The lowest BCUT2D eigenvalue weighted by Crippen LogP contribution is -2.12. The predicted molar refractivity (Wildman–Crippen MR) is 74.4 cm³/mol. The molecule has 1 aromatic rings. The maximum absolute atomic E-state index is 3.72. The van der Waals surface area contributed by atoms with E-state index < -0.39 is 0 Å². The zero-order valence-electron chi connectivity index (χ0n) is 10.1. The fourth-order valence-corrected chi connectivity index (χ4v) is 3.16. The molecular formula is C15H21Br. The van der Waals surface area contributed by atoms with E-state index in [1.165, 1.54) is 44.1 Å². The van der Waals surface area contributed by atoms with Crippen molar-refractivity contribution in [2.24, 2.45) is 0 Å². The third kappa shape index (κ3) is 3.10. The first-order chi connectivity index (χ1) is 7.79. The number of aryl methyl sites for hydroxylation is 1. The summed E-state index contributed by atoms with van der Waals surface area (Å²) in [7, 11) is 0. The van der Waals surface area contributed by atoms with Gasteiger partial charge in [0.1, 0.15) is 0 Å². The molecule has 0 nitrogen and oxygen atoms in total. The minimum Gasteiger partial charge on any atom is -0.0891 e. The van der Waals surface area contributed by atoms with Gasteiger partial charge in [0.2, 0.25) is 0 Å². The van der Waals surface area contributed by atoms with E-state index >= 15 is 0 Å². The van der Waals surface area contributed by atoms with Crippen molar-refractivity contribution in [3.63, 3.8) is 0 Å². The van der Waals surface area contributed by atoms with Crippen molar-refractivity contribution in [2.45, 2.75) is 56.2 Å². The van der Waals surface area contributed by atoms with Crippen LogP contribution >= 0.6 is 15.9 Å². The summed E-state index contributed by atoms with van der Waals surface area (Å²) in [6.07, 6.45) is 7.83. The van der Waals surface area contributed by atoms with Gasteiger partial charge in [0.25, 0.3) is 0 Å². The summed E-state index contributed by atoms with van der Waals surface area (Å²) in [6.45, 7) is 2.24. The van der Waals surface area contributed by atoms with E-state index in [1.807, 2.05) is 0 Å². The molecule has 2 rings (SSSR count). The van der Waals surface area contributed by atoms with Gasteiger partial charge < -0.3 is 0 Å². The lowest BCUT2D eigenvalue weighted by Gasteiger charge is -2.25. The van der Waals surface area contributed by atoms with Gasteiger partial charge in [-0.25, -0.2) is 0 Å². The fourth-order valence-electron chi connectivity index (χ4n) is 2.63. The SMILES string of the molecule is CCCc1ccc(C2CCC(Br)CC2)cc1. The first-order valence-corrected chi connectivity index (χ1v) is 7.44. The Morgan fingerprint density at radius 3 is 2.25 bits per heavy atom. The molecule has 0 aliphatic heterocycles. The molecule has 1 fully saturated rings. The maximum atomic E-state index is 3.72. The van der Waals surface area contributed by atoms with Gasteiger partial charge in [0.05, 0.1) is 0 Å². The van der Waals surface area contributed by atoms with Crippen molar-refractivity contribution in [3.8, 4) is 0 Å². The van der Waals surface area contributed by atoms with Crippen LogP contribution in [0.5, 0.6) is 0 Å². The fraction of sp³-hybridized carbons (Fsp3) is 0.600. The van der Waals surface area contributed by atoms with Crippen molar-refractivity contribution in [1.29, 1.82) is 0 Å². The van der Waals surface area contributed by atoms with E-state index in [9.17, 15) is 0 Å². The summed E-state index contributed by atoms with van der Waals surface area (Å²) in [6, 6.07) is 9.34. The molecule has 1 aliphatic rings. The van der Waals surface area contributed by atoms with E-state index in [1.54, 1.807) is 5.56 Å². The summed E-state index contributed by atoms with van der Waals surface area (Å²) in [5, 5.41) is 0. The Morgan fingerprint density at radius 1 is 1.06 bits per heavy atom. The van der Waals surface area contributed by atoms with Crippen molar-refractivity contribution in [2.75, 3.05) is 0 Å². The summed E-state index contributed by atoms with van der Waals surface area (Å²) < 4.78 is 0. The van der Waals surface area contributed by atoms with Crippen LogP contribution in [0.2, 0.25) is 0 Å². The van der Waals surface area contributed by atoms with E-state index in [4.69, 9.17) is 0 Å². The summed E-state index contributed by atoms with van der Waals surface area (Å²) in [4.78, 5) is 0.767. The van der Waals surface area contributed by atoms with Gasteiger partial charge in [-0.2, -0.15) is 0 Å². The third-order valence-electron chi connectivity index (χ3n) is 3.65. The van der Waals surface area contributed by atoms with Crippen LogP contribution in [-0.4, -0.2) is 4.83 Å². The average Bonchev–Trinajstić information content (AvgIpc) is 2.32. The number of benzene rings is 1. The highest BCUT2D eigenvalue weighted by atomic mass is 79.9. The van der Waals surface area contributed by atoms with Crippen molar-refractivity contribution in [3.05, 3.63) is 35.4 Å². The summed E-state index contributed by atoms with van der Waals surface area (Å²) >= 11 is 3.72. The van der Waals surface area contributed by atoms with Crippen LogP contribution in [0.15, 0.2) is 24.3 Å². The normalized spacial score (nSPS) is 25.6. The Morgan fingerprint density at radius 2 is 1.69 bits per heavy atom. The molecule has 0 saturated heterocycles. The van der Waals surface area contributed by atoms with E-state index in [2.05, 4.69) is 47.1 Å². The molecule has 0 N–H and O–H groups in total. The molecule has 0 aromatic heterocycles. The van der Waals surface area contributed by atoms with E-state index in [0.717, 1.165) is 10.7 Å². The number of rotatable bonds is 3. The van der Waals surface area contributed by atoms with Gasteiger partial charge in [0, 0.05) is 4.83 Å². The highest BCUT2D eigenvalue weighted by Crippen LogP contribution is 2.35. The highest BCUT2D eigenvalue weighted by molar-refractivity contribution is 9.09. The molecule has 0 heterocycles. The zero-order chi connectivity index (χ0) is 11.4. The third-order valence-corrected chi connectivity index (χ3v) is 4.56.